The first-order valence-electron chi connectivity index (χ1n) is 4.83. The Balaban J connectivity index is 2.95. The van der Waals surface area contributed by atoms with E-state index >= 15 is 0 Å². The van der Waals surface area contributed by atoms with Crippen LogP contribution < -0.4 is 5.69 Å². The van der Waals surface area contributed by atoms with E-state index < -0.39 is 0 Å². The molecular weight excluding hydrogens is 192 g/mol. The number of hydrogen-bond acceptors (Lipinski definition) is 2. The molecule has 0 aliphatic heterocycles. The monoisotopic (exact) mass is 204 g/mol. The largest absolute Gasteiger partial charge is 0.326 e. The van der Waals surface area contributed by atoms with Gasteiger partial charge in [0, 0.05) is 11.6 Å². The fraction of sp³-hybridized carbons (Fsp3) is 0.273. The van der Waals surface area contributed by atoms with Crippen molar-refractivity contribution in [2.75, 3.05) is 0 Å². The van der Waals surface area contributed by atoms with Crippen molar-refractivity contribution in [3.05, 3.63) is 34.2 Å². The van der Waals surface area contributed by atoms with Crippen LogP contribution in [-0.4, -0.2) is 15.8 Å². The summed E-state index contributed by atoms with van der Waals surface area (Å²) >= 11 is 0. The van der Waals surface area contributed by atoms with Gasteiger partial charge in [-0.15, -0.1) is 0 Å². The molecule has 0 bridgehead atoms. The van der Waals surface area contributed by atoms with Crippen molar-refractivity contribution in [2.45, 2.75) is 19.9 Å². The minimum absolute atomic E-state index is 0.0346. The highest BCUT2D eigenvalue weighted by Gasteiger charge is 2.12. The van der Waals surface area contributed by atoms with Crippen LogP contribution in [0.4, 0.5) is 0 Å². The normalized spacial score (nSPS) is 11.1. The lowest BCUT2D eigenvalue weighted by Gasteiger charge is -2.07. The van der Waals surface area contributed by atoms with E-state index in [1.54, 1.807) is 22.8 Å². The number of imidazole rings is 1. The first kappa shape index (κ1) is 9.71. The van der Waals surface area contributed by atoms with Gasteiger partial charge in [-0.05, 0) is 26.0 Å². The van der Waals surface area contributed by atoms with E-state index in [1.165, 1.54) is 0 Å². The van der Waals surface area contributed by atoms with E-state index in [0.717, 1.165) is 6.29 Å². The predicted octanol–water partition coefficient (Wildman–Crippen LogP) is 1.72. The number of benzene rings is 1. The van der Waals surface area contributed by atoms with Crippen molar-refractivity contribution in [3.8, 4) is 0 Å². The summed E-state index contributed by atoms with van der Waals surface area (Å²) in [4.78, 5) is 25.2. The third-order valence-electron chi connectivity index (χ3n) is 2.41. The summed E-state index contributed by atoms with van der Waals surface area (Å²) in [6.45, 7) is 3.83. The number of para-hydroxylation sites is 1. The van der Waals surface area contributed by atoms with Gasteiger partial charge in [0.15, 0.2) is 6.29 Å². The summed E-state index contributed by atoms with van der Waals surface area (Å²) in [5.74, 6) is 0. The summed E-state index contributed by atoms with van der Waals surface area (Å²) in [6.07, 6.45) is 0.772. The van der Waals surface area contributed by atoms with Crippen LogP contribution in [0.1, 0.15) is 30.2 Å². The maximum Gasteiger partial charge on any atom is 0.326 e. The molecule has 0 radical (unpaired) electrons. The van der Waals surface area contributed by atoms with Crippen LogP contribution in [0.2, 0.25) is 0 Å². The molecule has 1 heterocycles. The van der Waals surface area contributed by atoms with Gasteiger partial charge in [0.1, 0.15) is 0 Å². The number of H-pyrrole nitrogens is 1. The smallest absolute Gasteiger partial charge is 0.306 e. The third-order valence-corrected chi connectivity index (χ3v) is 2.41. The van der Waals surface area contributed by atoms with Gasteiger partial charge in [-0.3, -0.25) is 9.36 Å². The molecular formula is C11H12N2O2. The number of hydrogen-bond donors (Lipinski definition) is 1. The zero-order valence-corrected chi connectivity index (χ0v) is 8.65. The highest BCUT2D eigenvalue weighted by molar-refractivity contribution is 5.94. The second-order valence-electron chi connectivity index (χ2n) is 3.76. The maximum absolute atomic E-state index is 11.6. The van der Waals surface area contributed by atoms with Gasteiger partial charge in [-0.2, -0.15) is 0 Å². The summed E-state index contributed by atoms with van der Waals surface area (Å²) < 4.78 is 1.60. The molecule has 0 saturated carbocycles. The van der Waals surface area contributed by atoms with E-state index in [9.17, 15) is 9.59 Å². The quantitative estimate of drug-likeness (QED) is 0.757. The highest BCUT2D eigenvalue weighted by Crippen LogP contribution is 2.17. The molecule has 0 aliphatic carbocycles. The van der Waals surface area contributed by atoms with Crippen molar-refractivity contribution in [2.24, 2.45) is 0 Å². The Morgan fingerprint density at radius 3 is 2.73 bits per heavy atom. The van der Waals surface area contributed by atoms with Gasteiger partial charge in [0.25, 0.3) is 0 Å². The first-order chi connectivity index (χ1) is 7.15. The molecule has 1 aromatic carbocycles. The predicted molar refractivity (Wildman–Crippen MR) is 58.3 cm³/mol. The van der Waals surface area contributed by atoms with E-state index in [1.807, 2.05) is 13.8 Å². The molecule has 4 nitrogen and oxygen atoms in total. The molecule has 78 valence electrons. The molecule has 4 heteroatoms. The SMILES string of the molecule is CC(C)n1c(=O)[nH]c2cccc(C=O)c21. The number of carbonyl (C=O) groups excluding carboxylic acids is 1. The van der Waals surface area contributed by atoms with Crippen LogP contribution in [0.25, 0.3) is 11.0 Å². The lowest BCUT2D eigenvalue weighted by atomic mass is 10.2. The minimum atomic E-state index is -0.172. The Kier molecular flexibility index (Phi) is 2.19. The molecule has 1 N–H and O–H groups in total. The van der Waals surface area contributed by atoms with Crippen LogP contribution in [0.5, 0.6) is 0 Å². The van der Waals surface area contributed by atoms with Crippen molar-refractivity contribution in [1.82, 2.24) is 9.55 Å². The fourth-order valence-corrected chi connectivity index (χ4v) is 1.80. The lowest BCUT2D eigenvalue weighted by Crippen LogP contribution is -2.18. The van der Waals surface area contributed by atoms with Crippen molar-refractivity contribution in [3.63, 3.8) is 0 Å². The van der Waals surface area contributed by atoms with Crippen LogP contribution in [0.15, 0.2) is 23.0 Å². The van der Waals surface area contributed by atoms with Crippen molar-refractivity contribution < 1.29 is 4.79 Å². The molecule has 1 aromatic heterocycles. The average molecular weight is 204 g/mol. The number of fused-ring (bicyclic) bond motifs is 1. The molecule has 0 fully saturated rings. The number of aromatic amines is 1. The molecule has 0 atom stereocenters. The molecule has 0 aliphatic rings. The Hall–Kier alpha value is -1.84. The number of rotatable bonds is 2. The summed E-state index contributed by atoms with van der Waals surface area (Å²) in [5.41, 5.74) is 1.76. The fourth-order valence-electron chi connectivity index (χ4n) is 1.80. The van der Waals surface area contributed by atoms with Crippen molar-refractivity contribution >= 4 is 17.3 Å². The Bertz CT molecular complexity index is 563. The summed E-state index contributed by atoms with van der Waals surface area (Å²) in [7, 11) is 0. The highest BCUT2D eigenvalue weighted by atomic mass is 16.1. The Labute approximate surface area is 86.5 Å². The van der Waals surface area contributed by atoms with Gasteiger partial charge in [0.05, 0.1) is 11.0 Å². The van der Waals surface area contributed by atoms with Gasteiger partial charge >= 0.3 is 5.69 Å². The number of nitrogens with one attached hydrogen (secondary N) is 1. The first-order valence-corrected chi connectivity index (χ1v) is 4.83. The van der Waals surface area contributed by atoms with Crippen molar-refractivity contribution in [1.29, 1.82) is 0 Å². The topological polar surface area (TPSA) is 54.9 Å². The molecule has 2 rings (SSSR count). The van der Waals surface area contributed by atoms with Crippen LogP contribution in [-0.2, 0) is 0 Å². The second-order valence-corrected chi connectivity index (χ2v) is 3.76. The van der Waals surface area contributed by atoms with Gasteiger partial charge < -0.3 is 4.98 Å². The Morgan fingerprint density at radius 2 is 2.13 bits per heavy atom. The number of aromatic nitrogens is 2. The Morgan fingerprint density at radius 1 is 1.40 bits per heavy atom. The third kappa shape index (κ3) is 1.38. The maximum atomic E-state index is 11.6. The van der Waals surface area contributed by atoms with Gasteiger partial charge in [-0.25, -0.2) is 4.79 Å². The van der Waals surface area contributed by atoms with E-state index in [-0.39, 0.29) is 11.7 Å². The summed E-state index contributed by atoms with van der Waals surface area (Å²) in [6, 6.07) is 5.30. The van der Waals surface area contributed by atoms with Gasteiger partial charge in [-0.1, -0.05) is 6.07 Å². The summed E-state index contributed by atoms with van der Waals surface area (Å²) in [5, 5.41) is 0. The molecule has 2 aromatic rings. The molecule has 0 spiro atoms. The zero-order valence-electron chi connectivity index (χ0n) is 8.65. The molecule has 0 amide bonds. The zero-order chi connectivity index (χ0) is 11.0. The number of nitrogens with zero attached hydrogens (tertiary/aromatic N) is 1. The number of aldehydes is 1. The lowest BCUT2D eigenvalue weighted by molar-refractivity contribution is 0.112. The standard InChI is InChI=1S/C11H12N2O2/c1-7(2)13-10-8(6-14)4-3-5-9(10)12-11(13)15/h3-7H,1-2H3,(H,12,15). The van der Waals surface area contributed by atoms with E-state index in [0.29, 0.717) is 16.6 Å². The van der Waals surface area contributed by atoms with Crippen LogP contribution in [0, 0.1) is 0 Å². The average Bonchev–Trinajstić information content (AvgIpc) is 2.53. The van der Waals surface area contributed by atoms with E-state index in [2.05, 4.69) is 4.98 Å². The second kappa shape index (κ2) is 3.38. The number of carbonyl (C=O) groups is 1. The van der Waals surface area contributed by atoms with Crippen LogP contribution >= 0.6 is 0 Å². The van der Waals surface area contributed by atoms with Crippen LogP contribution in [0.3, 0.4) is 0 Å². The molecule has 0 unspecified atom stereocenters. The molecule has 0 saturated heterocycles. The molecule has 15 heavy (non-hydrogen) atoms. The van der Waals surface area contributed by atoms with Gasteiger partial charge in [0.2, 0.25) is 0 Å². The minimum Gasteiger partial charge on any atom is -0.306 e. The van der Waals surface area contributed by atoms with E-state index in [4.69, 9.17) is 0 Å².